The normalized spacial score (nSPS) is 12.4. The van der Waals surface area contributed by atoms with Crippen LogP contribution in [0.4, 0.5) is 0 Å². The molecule has 4 N–H and O–H groups in total. The number of rotatable bonds is 71. The Morgan fingerprint density at radius 3 is 0.812 bits per heavy atom. The van der Waals surface area contributed by atoms with Crippen LogP contribution in [0.5, 0.6) is 0 Å². The van der Waals surface area contributed by atoms with Crippen LogP contribution in [0.3, 0.4) is 0 Å². The summed E-state index contributed by atoms with van der Waals surface area (Å²) in [5.74, 6) is 0.536. The van der Waals surface area contributed by atoms with Crippen molar-refractivity contribution in [1.29, 1.82) is 0 Å². The molecule has 0 aromatic heterocycles. The molecule has 0 heterocycles. The number of hydrogen-bond donors (Lipinski definition) is 4. The van der Waals surface area contributed by atoms with Gasteiger partial charge < -0.3 is 45.2 Å². The first-order valence-electron chi connectivity index (χ1n) is 39.4. The first-order chi connectivity index (χ1) is 48.7. The predicted octanol–water partition coefficient (Wildman–Crippen LogP) is 16.5. The molecule has 0 aromatic rings. The maximum atomic E-state index is 14.6. The molecule has 0 aromatic carbocycles. The largest absolute Gasteiger partial charge is 0.481 e. The Balaban J connectivity index is 6.75. The molecule has 0 saturated heterocycles. The molecule has 0 rings (SSSR count). The zero-order valence-corrected chi connectivity index (χ0v) is 69.9. The number of aliphatic carboxylic acids is 1. The topological polar surface area (TPSA) is 241 Å². The molecule has 19 nitrogen and oxygen atoms in total. The summed E-state index contributed by atoms with van der Waals surface area (Å²) in [6.07, 6.45) is 31.4. The van der Waals surface area contributed by atoms with E-state index in [1.807, 2.05) is 46.4 Å². The summed E-state index contributed by atoms with van der Waals surface area (Å²) in [7, 11) is 10.3. The Hall–Kier alpha value is -2.71. The van der Waals surface area contributed by atoms with E-state index in [0.29, 0.717) is 30.1 Å². The third kappa shape index (κ3) is 52.8. The van der Waals surface area contributed by atoms with E-state index < -0.39 is 24.1 Å². The van der Waals surface area contributed by atoms with Gasteiger partial charge in [0.05, 0.1) is 13.2 Å². The quantitative estimate of drug-likeness (QED) is 0.0251. The number of ether oxygens (including phenoxy) is 2. The van der Waals surface area contributed by atoms with E-state index in [2.05, 4.69) is 36.7 Å². The third-order valence-corrected chi connectivity index (χ3v) is 25.0. The van der Waals surface area contributed by atoms with E-state index in [1.165, 1.54) is 135 Å². The van der Waals surface area contributed by atoms with Crippen molar-refractivity contribution >= 4 is 118 Å². The minimum absolute atomic E-state index is 0.101. The number of unbranched alkanes of at least 4 members (excludes halogenated alkanes) is 21. The average molecular weight is 1540 g/mol. The minimum Gasteiger partial charge on any atom is -0.481 e. The summed E-state index contributed by atoms with van der Waals surface area (Å²) in [5.41, 5.74) is 0. The van der Waals surface area contributed by atoms with Crippen LogP contribution in [0, 0.1) is 17.8 Å². The molecule has 0 bridgehead atoms. The van der Waals surface area contributed by atoms with Gasteiger partial charge in [0.15, 0.2) is 0 Å². The molecule has 3 atom stereocenters. The zero-order valence-electron chi connectivity index (χ0n) is 65.0. The van der Waals surface area contributed by atoms with Crippen LogP contribution in [0.25, 0.3) is 0 Å². The lowest BCUT2D eigenvalue weighted by molar-refractivity contribution is -0.145. The molecule has 3 unspecified atom stereocenters. The number of carboxylic acid groups (broad SMARTS) is 1. The smallest absolute Gasteiger partial charge is 0.305 e. The molecule has 0 spiro atoms. The van der Waals surface area contributed by atoms with E-state index >= 15 is 0 Å². The molecule has 0 fully saturated rings. The fourth-order valence-electron chi connectivity index (χ4n) is 12.0. The number of carboxylic acids is 1. The van der Waals surface area contributed by atoms with Gasteiger partial charge in [-0.25, -0.2) is 0 Å². The molecule has 0 aliphatic heterocycles. The standard InChI is InChI=1S/C76H143N7O12S6/c1-12-17-20-23-26-29-32-35-56-96-99-59-44-65(84)81(50-38-41-68(87)88)71(62(6)7)74(91)77-47-53-80(54-48-78-75(92)72(63(8)9)82(51-39-42-69(89)94-15-4)66(85)45-60-100-97-57-36-33-30-27-24-21-18-13-2)55-49-79-76(93)73(64(10)11)83(52-40-43-70(90)95-16-5)67(86)46-61-101-98-58-37-34-31-28-25-22-19-14-3/h62-64,71-73H,12-61H2,1-11H3,(H,77,91)(H,78,92)(H,79,93)(H,87,88). The first kappa shape index (κ1) is 98.3. The van der Waals surface area contributed by atoms with Crippen LogP contribution in [0.1, 0.15) is 288 Å². The maximum absolute atomic E-state index is 14.6. The van der Waals surface area contributed by atoms with E-state index in [9.17, 15) is 48.3 Å². The highest BCUT2D eigenvalue weighted by Gasteiger charge is 2.35. The molecular formula is C76H143N7O12S6. The highest BCUT2D eigenvalue weighted by atomic mass is 33.1. The molecule has 0 aliphatic carbocycles. The fourth-order valence-corrected chi connectivity index (χ4v) is 18.4. The highest BCUT2D eigenvalue weighted by molar-refractivity contribution is 8.77. The van der Waals surface area contributed by atoms with Crippen molar-refractivity contribution in [2.75, 3.05) is 107 Å². The molecule has 0 radical (unpaired) electrons. The van der Waals surface area contributed by atoms with Crippen molar-refractivity contribution < 1.29 is 57.7 Å². The second-order valence-electron chi connectivity index (χ2n) is 27.5. The molecule has 25 heteroatoms. The van der Waals surface area contributed by atoms with Crippen LogP contribution in [-0.4, -0.2) is 203 Å². The minimum atomic E-state index is -0.983. The SMILES string of the molecule is CCCCCCCCCCSSCCC(=O)N(CCCC(=O)O)C(C(=O)NCCN(CCNC(=O)C(C(C)C)N(CCCC(=O)OCC)C(=O)CCSSCCCCCCCCCC)CCNC(=O)C(C(C)C)N(CCCC(=O)OCC)C(=O)CCSSCCCCCCCCCC)C(C)C. The number of esters is 2. The van der Waals surface area contributed by atoms with Gasteiger partial charge in [-0.1, -0.05) is 262 Å². The van der Waals surface area contributed by atoms with E-state index in [0.717, 1.165) is 36.5 Å². The van der Waals surface area contributed by atoms with Gasteiger partial charge in [0.1, 0.15) is 18.1 Å². The number of carbonyl (C=O) groups excluding carboxylic acids is 8. The summed E-state index contributed by atoms with van der Waals surface area (Å²) < 4.78 is 10.4. The van der Waals surface area contributed by atoms with Crippen LogP contribution < -0.4 is 16.0 Å². The molecule has 101 heavy (non-hydrogen) atoms. The van der Waals surface area contributed by atoms with Gasteiger partial charge in [0, 0.05) is 132 Å². The maximum Gasteiger partial charge on any atom is 0.305 e. The van der Waals surface area contributed by atoms with Crippen LogP contribution in [-0.2, 0) is 52.6 Å². The van der Waals surface area contributed by atoms with Crippen molar-refractivity contribution in [1.82, 2.24) is 35.6 Å². The Morgan fingerprint density at radius 1 is 0.317 bits per heavy atom. The van der Waals surface area contributed by atoms with Gasteiger partial charge >= 0.3 is 17.9 Å². The van der Waals surface area contributed by atoms with Gasteiger partial charge in [-0.3, -0.25) is 48.1 Å². The Bertz CT molecular complexity index is 2060. The van der Waals surface area contributed by atoms with E-state index in [4.69, 9.17) is 9.47 Å². The number of hydrogen-bond acceptors (Lipinski definition) is 18. The molecule has 6 amide bonds. The predicted molar refractivity (Wildman–Crippen MR) is 432 cm³/mol. The molecule has 0 aliphatic rings. The fraction of sp³-hybridized carbons (Fsp3) is 0.882. The zero-order chi connectivity index (χ0) is 75.1. The van der Waals surface area contributed by atoms with Gasteiger partial charge in [-0.2, -0.15) is 0 Å². The third-order valence-electron chi connectivity index (χ3n) is 17.5. The summed E-state index contributed by atoms with van der Waals surface area (Å²) in [4.78, 5) is 130. The monoisotopic (exact) mass is 1540 g/mol. The lowest BCUT2D eigenvalue weighted by Gasteiger charge is -2.35. The van der Waals surface area contributed by atoms with Gasteiger partial charge in [-0.15, -0.1) is 0 Å². The molecular weight excluding hydrogens is 1400 g/mol. The number of amides is 6. The lowest BCUT2D eigenvalue weighted by Crippen LogP contribution is -2.55. The second-order valence-corrected chi connectivity index (χ2v) is 35.6. The van der Waals surface area contributed by atoms with E-state index in [1.54, 1.807) is 93.3 Å². The van der Waals surface area contributed by atoms with E-state index in [-0.39, 0.29) is 182 Å². The summed E-state index contributed by atoms with van der Waals surface area (Å²) >= 11 is 0. The second kappa shape index (κ2) is 67.9. The Kier molecular flexibility index (Phi) is 66.0. The van der Waals surface area contributed by atoms with Crippen molar-refractivity contribution in [2.45, 2.75) is 306 Å². The summed E-state index contributed by atoms with van der Waals surface area (Å²) in [5, 5.41) is 18.9. The van der Waals surface area contributed by atoms with Crippen molar-refractivity contribution in [3.05, 3.63) is 0 Å². The Labute approximate surface area is 637 Å². The number of carbonyl (C=O) groups is 9. The average Bonchev–Trinajstić information content (AvgIpc) is 0.868. The summed E-state index contributed by atoms with van der Waals surface area (Å²) in [6, 6.07) is -2.56. The molecule has 590 valence electrons. The molecule has 0 saturated carbocycles. The number of nitrogens with one attached hydrogen (secondary N) is 3. The van der Waals surface area contributed by atoms with Gasteiger partial charge in [-0.05, 0) is 70.1 Å². The summed E-state index contributed by atoms with van der Waals surface area (Å²) in [6.45, 7) is 23.8. The number of nitrogens with zero attached hydrogens (tertiary/aromatic N) is 4. The van der Waals surface area contributed by atoms with Crippen molar-refractivity contribution in [3.8, 4) is 0 Å². The van der Waals surface area contributed by atoms with Crippen LogP contribution in [0.2, 0.25) is 0 Å². The highest BCUT2D eigenvalue weighted by Crippen LogP contribution is 2.28. The lowest BCUT2D eigenvalue weighted by atomic mass is 10.00. The first-order valence-corrected chi connectivity index (χ1v) is 46.9. The Morgan fingerprint density at radius 2 is 0.564 bits per heavy atom. The van der Waals surface area contributed by atoms with Crippen LogP contribution >= 0.6 is 64.8 Å². The van der Waals surface area contributed by atoms with Crippen molar-refractivity contribution in [3.63, 3.8) is 0 Å². The van der Waals surface area contributed by atoms with Gasteiger partial charge in [0.2, 0.25) is 35.4 Å². The van der Waals surface area contributed by atoms with Crippen molar-refractivity contribution in [2.24, 2.45) is 17.8 Å². The van der Waals surface area contributed by atoms with Gasteiger partial charge in [0.25, 0.3) is 0 Å². The van der Waals surface area contributed by atoms with Crippen LogP contribution in [0.15, 0.2) is 0 Å².